The minimum atomic E-state index is 0.0148. The summed E-state index contributed by atoms with van der Waals surface area (Å²) in [6, 6.07) is 8.32. The highest BCUT2D eigenvalue weighted by Crippen LogP contribution is 2.23. The largest absolute Gasteiger partial charge is 0.330 e. The Morgan fingerprint density at radius 2 is 2.10 bits per heavy atom. The van der Waals surface area contributed by atoms with Gasteiger partial charge in [0.05, 0.1) is 0 Å². The third-order valence-electron chi connectivity index (χ3n) is 4.15. The average Bonchev–Trinajstić information content (AvgIpc) is 2.49. The van der Waals surface area contributed by atoms with Gasteiger partial charge in [0.2, 0.25) is 0 Å². The van der Waals surface area contributed by atoms with E-state index in [1.807, 2.05) is 36.1 Å². The first-order chi connectivity index (χ1) is 10.2. The van der Waals surface area contributed by atoms with Gasteiger partial charge in [-0.05, 0) is 50.4 Å². The van der Waals surface area contributed by atoms with Gasteiger partial charge in [0.1, 0.15) is 0 Å². The summed E-state index contributed by atoms with van der Waals surface area (Å²) in [6.07, 6.45) is 6.83. The normalized spacial score (nSPS) is 15.7. The molecule has 116 valence electrons. The highest BCUT2D eigenvalue weighted by molar-refractivity contribution is 5.89. The molecule has 0 heterocycles. The van der Waals surface area contributed by atoms with E-state index in [-0.39, 0.29) is 6.03 Å². The van der Waals surface area contributed by atoms with Gasteiger partial charge in [-0.15, -0.1) is 0 Å². The molecular formula is C17H27N3O. The maximum Gasteiger partial charge on any atom is 0.322 e. The molecule has 4 nitrogen and oxygen atoms in total. The van der Waals surface area contributed by atoms with Gasteiger partial charge < -0.3 is 16.0 Å². The Labute approximate surface area is 127 Å². The van der Waals surface area contributed by atoms with Gasteiger partial charge in [-0.1, -0.05) is 31.4 Å². The monoisotopic (exact) mass is 289 g/mol. The summed E-state index contributed by atoms with van der Waals surface area (Å²) < 4.78 is 0. The first-order valence-electron chi connectivity index (χ1n) is 8.05. The van der Waals surface area contributed by atoms with Gasteiger partial charge >= 0.3 is 6.03 Å². The van der Waals surface area contributed by atoms with Crippen molar-refractivity contribution in [1.29, 1.82) is 0 Å². The predicted molar refractivity (Wildman–Crippen MR) is 87.4 cm³/mol. The number of amides is 2. The highest BCUT2D eigenvalue weighted by Gasteiger charge is 2.24. The van der Waals surface area contributed by atoms with E-state index in [2.05, 4.69) is 5.32 Å². The molecule has 1 aromatic rings. The fourth-order valence-electron chi connectivity index (χ4n) is 3.02. The average molecular weight is 289 g/mol. The lowest BCUT2D eigenvalue weighted by atomic mass is 9.94. The smallest absolute Gasteiger partial charge is 0.322 e. The Balaban J connectivity index is 2.02. The summed E-state index contributed by atoms with van der Waals surface area (Å²) >= 11 is 0. The van der Waals surface area contributed by atoms with E-state index in [0.717, 1.165) is 37.1 Å². The SMILES string of the molecule is Cc1cccc(NC(=O)N(CCCN)C2CCCCC2)c1. The van der Waals surface area contributed by atoms with Crippen LogP contribution in [0.25, 0.3) is 0 Å². The molecule has 0 aliphatic heterocycles. The molecule has 3 N–H and O–H groups in total. The quantitative estimate of drug-likeness (QED) is 0.871. The molecule has 1 aliphatic carbocycles. The van der Waals surface area contributed by atoms with Crippen molar-refractivity contribution in [2.75, 3.05) is 18.4 Å². The van der Waals surface area contributed by atoms with Crippen LogP contribution in [0.3, 0.4) is 0 Å². The lowest BCUT2D eigenvalue weighted by molar-refractivity contribution is 0.167. The Kier molecular flexibility index (Phi) is 6.05. The van der Waals surface area contributed by atoms with Crippen molar-refractivity contribution < 1.29 is 4.79 Å². The van der Waals surface area contributed by atoms with Crippen LogP contribution in [-0.2, 0) is 0 Å². The second kappa shape index (κ2) is 8.03. The minimum absolute atomic E-state index is 0.0148. The van der Waals surface area contributed by atoms with Gasteiger partial charge in [0.15, 0.2) is 0 Å². The molecule has 2 rings (SSSR count). The van der Waals surface area contributed by atoms with Crippen LogP contribution in [0.4, 0.5) is 10.5 Å². The highest BCUT2D eigenvalue weighted by atomic mass is 16.2. The first-order valence-corrected chi connectivity index (χ1v) is 8.05. The molecule has 21 heavy (non-hydrogen) atoms. The lowest BCUT2D eigenvalue weighted by Gasteiger charge is -2.34. The van der Waals surface area contributed by atoms with Crippen molar-refractivity contribution in [3.8, 4) is 0 Å². The molecule has 0 aromatic heterocycles. The number of carbonyl (C=O) groups is 1. The van der Waals surface area contributed by atoms with Crippen molar-refractivity contribution in [2.45, 2.75) is 51.5 Å². The van der Waals surface area contributed by atoms with Gasteiger partial charge in [0.25, 0.3) is 0 Å². The molecule has 0 radical (unpaired) electrons. The molecular weight excluding hydrogens is 262 g/mol. The number of nitrogens with one attached hydrogen (secondary N) is 1. The number of rotatable bonds is 5. The summed E-state index contributed by atoms with van der Waals surface area (Å²) in [5, 5.41) is 3.04. The standard InChI is InChI=1S/C17H27N3O/c1-14-7-5-8-15(13-14)19-17(21)20(12-6-11-18)16-9-3-2-4-10-16/h5,7-8,13,16H,2-4,6,9-12,18H2,1H3,(H,19,21). The lowest BCUT2D eigenvalue weighted by Crippen LogP contribution is -2.44. The summed E-state index contributed by atoms with van der Waals surface area (Å²) in [6.45, 7) is 3.41. The van der Waals surface area contributed by atoms with Crippen LogP contribution in [0.15, 0.2) is 24.3 Å². The summed E-state index contributed by atoms with van der Waals surface area (Å²) in [5.74, 6) is 0. The Bertz CT molecular complexity index is 455. The number of aryl methyl sites for hydroxylation is 1. The van der Waals surface area contributed by atoms with Crippen LogP contribution in [0, 0.1) is 6.92 Å². The van der Waals surface area contributed by atoms with E-state index in [4.69, 9.17) is 5.73 Å². The van der Waals surface area contributed by atoms with E-state index < -0.39 is 0 Å². The van der Waals surface area contributed by atoms with Crippen LogP contribution in [0.5, 0.6) is 0 Å². The van der Waals surface area contributed by atoms with Gasteiger partial charge in [-0.3, -0.25) is 0 Å². The molecule has 2 amide bonds. The van der Waals surface area contributed by atoms with Crippen LogP contribution in [-0.4, -0.2) is 30.1 Å². The van der Waals surface area contributed by atoms with Crippen LogP contribution >= 0.6 is 0 Å². The second-order valence-electron chi connectivity index (χ2n) is 5.93. The molecule has 0 bridgehead atoms. The van der Waals surface area contributed by atoms with Crippen LogP contribution < -0.4 is 11.1 Å². The van der Waals surface area contributed by atoms with Crippen molar-refractivity contribution in [3.05, 3.63) is 29.8 Å². The summed E-state index contributed by atoms with van der Waals surface area (Å²) in [4.78, 5) is 14.6. The minimum Gasteiger partial charge on any atom is -0.330 e. The Hall–Kier alpha value is -1.55. The van der Waals surface area contributed by atoms with Gasteiger partial charge in [-0.2, -0.15) is 0 Å². The fourth-order valence-corrected chi connectivity index (χ4v) is 3.02. The molecule has 1 fully saturated rings. The second-order valence-corrected chi connectivity index (χ2v) is 5.93. The molecule has 0 atom stereocenters. The van der Waals surface area contributed by atoms with E-state index >= 15 is 0 Å². The number of carbonyl (C=O) groups excluding carboxylic acids is 1. The van der Waals surface area contributed by atoms with Crippen molar-refractivity contribution >= 4 is 11.7 Å². The number of nitrogens with zero attached hydrogens (tertiary/aromatic N) is 1. The molecule has 1 aliphatic rings. The van der Waals surface area contributed by atoms with Crippen molar-refractivity contribution in [2.24, 2.45) is 5.73 Å². The molecule has 1 aromatic carbocycles. The van der Waals surface area contributed by atoms with Gasteiger partial charge in [-0.25, -0.2) is 4.79 Å². The predicted octanol–water partition coefficient (Wildman–Crippen LogP) is 3.51. The van der Waals surface area contributed by atoms with Crippen LogP contribution in [0.2, 0.25) is 0 Å². The van der Waals surface area contributed by atoms with Gasteiger partial charge in [0, 0.05) is 18.3 Å². The van der Waals surface area contributed by atoms with Crippen molar-refractivity contribution in [1.82, 2.24) is 4.90 Å². The van der Waals surface area contributed by atoms with Crippen LogP contribution in [0.1, 0.15) is 44.1 Å². The maximum absolute atomic E-state index is 12.6. The molecule has 0 unspecified atom stereocenters. The maximum atomic E-state index is 12.6. The van der Waals surface area contributed by atoms with E-state index in [9.17, 15) is 4.79 Å². The molecule has 4 heteroatoms. The third kappa shape index (κ3) is 4.74. The summed E-state index contributed by atoms with van der Waals surface area (Å²) in [5.41, 5.74) is 7.64. The Morgan fingerprint density at radius 3 is 2.76 bits per heavy atom. The fraction of sp³-hybridized carbons (Fsp3) is 0.588. The number of hydrogen-bond acceptors (Lipinski definition) is 2. The van der Waals surface area contributed by atoms with Crippen molar-refractivity contribution in [3.63, 3.8) is 0 Å². The topological polar surface area (TPSA) is 58.4 Å². The Morgan fingerprint density at radius 1 is 1.33 bits per heavy atom. The zero-order valence-corrected chi connectivity index (χ0v) is 13.0. The zero-order valence-electron chi connectivity index (χ0n) is 13.0. The number of hydrogen-bond donors (Lipinski definition) is 2. The molecule has 1 saturated carbocycles. The molecule has 0 spiro atoms. The van der Waals surface area contributed by atoms with E-state index in [1.54, 1.807) is 0 Å². The first kappa shape index (κ1) is 15.8. The number of benzene rings is 1. The number of urea groups is 1. The molecule has 0 saturated heterocycles. The zero-order chi connectivity index (χ0) is 15.1. The number of anilines is 1. The summed E-state index contributed by atoms with van der Waals surface area (Å²) in [7, 11) is 0. The van der Waals surface area contributed by atoms with E-state index in [0.29, 0.717) is 12.6 Å². The van der Waals surface area contributed by atoms with E-state index in [1.165, 1.54) is 19.3 Å². The third-order valence-corrected chi connectivity index (χ3v) is 4.15. The number of nitrogens with two attached hydrogens (primary N) is 1.